The Morgan fingerprint density at radius 2 is 2.09 bits per heavy atom. The summed E-state index contributed by atoms with van der Waals surface area (Å²) in [5.41, 5.74) is -0.482. The van der Waals surface area contributed by atoms with E-state index in [0.29, 0.717) is 10.0 Å². The lowest BCUT2D eigenvalue weighted by atomic mass is 9.84. The summed E-state index contributed by atoms with van der Waals surface area (Å²) in [6, 6.07) is 4.80. The zero-order valence-electron chi connectivity index (χ0n) is 11.4. The molecule has 1 N–H and O–H groups in total. The van der Waals surface area contributed by atoms with Gasteiger partial charge in [-0.05, 0) is 47.1 Å². The Bertz CT molecular complexity index is 756. The first kappa shape index (κ1) is 14.9. The zero-order valence-corrected chi connectivity index (χ0v) is 13.0. The van der Waals surface area contributed by atoms with Crippen LogP contribution in [0.15, 0.2) is 41.1 Å². The third kappa shape index (κ3) is 2.45. The van der Waals surface area contributed by atoms with E-state index in [9.17, 15) is 13.6 Å². The second kappa shape index (κ2) is 5.31. The summed E-state index contributed by atoms with van der Waals surface area (Å²) in [7, 11) is 0. The van der Waals surface area contributed by atoms with Gasteiger partial charge < -0.3 is 10.1 Å². The van der Waals surface area contributed by atoms with Crippen molar-refractivity contribution < 1.29 is 18.3 Å². The zero-order chi connectivity index (χ0) is 15.9. The first-order valence-corrected chi connectivity index (χ1v) is 7.24. The maximum absolute atomic E-state index is 14.1. The Morgan fingerprint density at radius 1 is 1.32 bits per heavy atom. The molecule has 0 bridgehead atoms. The lowest BCUT2D eigenvalue weighted by Gasteiger charge is -2.29. The van der Waals surface area contributed by atoms with Gasteiger partial charge in [0.1, 0.15) is 17.2 Å². The maximum Gasteiger partial charge on any atom is 0.408 e. The molecule has 114 valence electrons. The number of carbonyl (C=O) groups excluding carboxylic acids is 1. The molecular weight excluding hydrogens is 358 g/mol. The maximum atomic E-state index is 14.1. The van der Waals surface area contributed by atoms with Crippen LogP contribution in [0.25, 0.3) is 0 Å². The second-order valence-electron chi connectivity index (χ2n) is 5.17. The molecule has 2 atom stereocenters. The highest BCUT2D eigenvalue weighted by atomic mass is 79.9. The molecule has 7 heteroatoms. The van der Waals surface area contributed by atoms with Gasteiger partial charge in [-0.2, -0.15) is 0 Å². The number of nitrogens with one attached hydrogen (secondary N) is 1. The van der Waals surface area contributed by atoms with Crippen LogP contribution in [0.2, 0.25) is 0 Å². The van der Waals surface area contributed by atoms with Crippen LogP contribution in [-0.2, 0) is 10.3 Å². The highest BCUT2D eigenvalue weighted by molar-refractivity contribution is 9.10. The molecule has 0 aliphatic carbocycles. The molecule has 4 nitrogen and oxygen atoms in total. The average Bonchev–Trinajstić information content (AvgIpc) is 2.78. The number of hydrogen-bond donors (Lipinski definition) is 1. The van der Waals surface area contributed by atoms with Crippen molar-refractivity contribution in [2.24, 2.45) is 0 Å². The van der Waals surface area contributed by atoms with Crippen molar-refractivity contribution in [2.45, 2.75) is 18.6 Å². The molecule has 22 heavy (non-hydrogen) atoms. The summed E-state index contributed by atoms with van der Waals surface area (Å²) in [6.45, 7) is 1.68. The van der Waals surface area contributed by atoms with Gasteiger partial charge in [0, 0.05) is 28.0 Å². The third-order valence-corrected chi connectivity index (χ3v) is 4.09. The van der Waals surface area contributed by atoms with Crippen LogP contribution in [0.4, 0.5) is 13.6 Å². The minimum atomic E-state index is -1.07. The molecule has 1 aliphatic heterocycles. The number of pyridine rings is 1. The number of benzene rings is 1. The van der Waals surface area contributed by atoms with Crippen LogP contribution in [-0.4, -0.2) is 11.1 Å². The van der Waals surface area contributed by atoms with E-state index in [-0.39, 0.29) is 5.56 Å². The Balaban J connectivity index is 2.13. The number of aromatic nitrogens is 1. The molecule has 1 aromatic carbocycles. The monoisotopic (exact) mass is 368 g/mol. The summed E-state index contributed by atoms with van der Waals surface area (Å²) in [5, 5.41) is 2.66. The number of hydrogen-bond acceptors (Lipinski definition) is 3. The minimum absolute atomic E-state index is 0.0270. The van der Waals surface area contributed by atoms with Gasteiger partial charge in [-0.15, -0.1) is 0 Å². The van der Waals surface area contributed by atoms with Crippen LogP contribution in [0.3, 0.4) is 0 Å². The summed E-state index contributed by atoms with van der Waals surface area (Å²) >= 11 is 3.30. The number of ether oxygens (including phenoxy) is 1. The van der Waals surface area contributed by atoms with E-state index in [0.717, 1.165) is 18.2 Å². The number of cyclic esters (lactones) is 1. The SMILES string of the molecule is C[C@@]1(c2cncc(Br)c2)NC(=O)O[C@H]1c1cc(F)ccc1F. The Morgan fingerprint density at radius 3 is 2.82 bits per heavy atom. The normalized spacial score (nSPS) is 24.0. The number of rotatable bonds is 2. The molecule has 1 saturated heterocycles. The number of halogens is 3. The van der Waals surface area contributed by atoms with Crippen molar-refractivity contribution in [3.63, 3.8) is 0 Å². The summed E-state index contributed by atoms with van der Waals surface area (Å²) in [4.78, 5) is 15.8. The Hall–Kier alpha value is -2.02. The van der Waals surface area contributed by atoms with Crippen molar-refractivity contribution in [1.29, 1.82) is 0 Å². The fourth-order valence-electron chi connectivity index (χ4n) is 2.54. The van der Waals surface area contributed by atoms with Gasteiger partial charge in [-0.25, -0.2) is 13.6 Å². The molecule has 1 fully saturated rings. The Kier molecular flexibility index (Phi) is 3.60. The van der Waals surface area contributed by atoms with E-state index in [1.165, 1.54) is 0 Å². The van der Waals surface area contributed by atoms with E-state index >= 15 is 0 Å². The van der Waals surface area contributed by atoms with Gasteiger partial charge in [0.25, 0.3) is 0 Å². The van der Waals surface area contributed by atoms with Gasteiger partial charge in [0.2, 0.25) is 0 Å². The number of nitrogens with zero attached hydrogens (tertiary/aromatic N) is 1. The van der Waals surface area contributed by atoms with Gasteiger partial charge in [0.05, 0.1) is 0 Å². The number of carbonyl (C=O) groups is 1. The van der Waals surface area contributed by atoms with Crippen molar-refractivity contribution in [3.05, 3.63) is 63.9 Å². The van der Waals surface area contributed by atoms with Gasteiger partial charge in [-0.1, -0.05) is 0 Å². The number of alkyl carbamates (subject to hydrolysis) is 1. The predicted octanol–water partition coefficient (Wildman–Crippen LogP) is 3.82. The third-order valence-electron chi connectivity index (χ3n) is 3.66. The fourth-order valence-corrected chi connectivity index (χ4v) is 2.91. The highest BCUT2D eigenvalue weighted by Gasteiger charge is 2.48. The van der Waals surface area contributed by atoms with Crippen molar-refractivity contribution >= 4 is 22.0 Å². The molecule has 3 rings (SSSR count). The smallest absolute Gasteiger partial charge is 0.408 e. The Labute approximate surface area is 133 Å². The fraction of sp³-hybridized carbons (Fsp3) is 0.200. The van der Waals surface area contributed by atoms with Gasteiger partial charge in [-0.3, -0.25) is 4.98 Å². The first-order valence-electron chi connectivity index (χ1n) is 6.45. The minimum Gasteiger partial charge on any atom is -0.438 e. The van der Waals surface area contributed by atoms with Crippen LogP contribution in [0, 0.1) is 11.6 Å². The first-order chi connectivity index (χ1) is 10.4. The predicted molar refractivity (Wildman–Crippen MR) is 78.0 cm³/mol. The van der Waals surface area contributed by atoms with E-state index in [4.69, 9.17) is 4.74 Å². The van der Waals surface area contributed by atoms with E-state index in [1.807, 2.05) is 0 Å². The standard InChI is InChI=1S/C15H11BrF2N2O2/c1-15(8-4-9(16)7-19-6-8)13(22-14(21)20-15)11-5-10(17)2-3-12(11)18/h2-7,13H,1H3,(H,20,21)/t13-,15-/m0/s1. The van der Waals surface area contributed by atoms with Crippen LogP contribution in [0.5, 0.6) is 0 Å². The average molecular weight is 369 g/mol. The van der Waals surface area contributed by atoms with Crippen LogP contribution in [0.1, 0.15) is 24.2 Å². The highest BCUT2D eigenvalue weighted by Crippen LogP contribution is 2.43. The van der Waals surface area contributed by atoms with Crippen molar-refractivity contribution in [3.8, 4) is 0 Å². The topological polar surface area (TPSA) is 51.2 Å². The lowest BCUT2D eigenvalue weighted by molar-refractivity contribution is 0.109. The lowest BCUT2D eigenvalue weighted by Crippen LogP contribution is -2.39. The molecular formula is C15H11BrF2N2O2. The summed E-state index contributed by atoms with van der Waals surface area (Å²) < 4.78 is 33.4. The van der Waals surface area contributed by atoms with Crippen LogP contribution >= 0.6 is 15.9 Å². The number of amides is 1. The summed E-state index contributed by atoms with van der Waals surface area (Å²) in [5.74, 6) is -1.24. The van der Waals surface area contributed by atoms with Crippen LogP contribution < -0.4 is 5.32 Å². The summed E-state index contributed by atoms with van der Waals surface area (Å²) in [6.07, 6.45) is 1.43. The molecule has 0 radical (unpaired) electrons. The molecule has 2 heterocycles. The quantitative estimate of drug-likeness (QED) is 0.876. The van der Waals surface area contributed by atoms with Gasteiger partial charge >= 0.3 is 6.09 Å². The van der Waals surface area contributed by atoms with Gasteiger partial charge in [0.15, 0.2) is 6.10 Å². The molecule has 2 aromatic rings. The van der Waals surface area contributed by atoms with E-state index in [2.05, 4.69) is 26.2 Å². The van der Waals surface area contributed by atoms with Crippen molar-refractivity contribution in [1.82, 2.24) is 10.3 Å². The molecule has 0 saturated carbocycles. The molecule has 1 amide bonds. The van der Waals surface area contributed by atoms with Crippen molar-refractivity contribution in [2.75, 3.05) is 0 Å². The molecule has 0 spiro atoms. The molecule has 1 aromatic heterocycles. The van der Waals surface area contributed by atoms with E-state index < -0.39 is 29.4 Å². The molecule has 1 aliphatic rings. The molecule has 0 unspecified atom stereocenters. The second-order valence-corrected chi connectivity index (χ2v) is 6.09. The van der Waals surface area contributed by atoms with E-state index in [1.54, 1.807) is 25.4 Å². The largest absolute Gasteiger partial charge is 0.438 e.